The molecule has 8 heteroatoms. The van der Waals surface area contributed by atoms with E-state index in [9.17, 15) is 19.2 Å². The molecule has 1 aliphatic carbocycles. The standard InChI is InChI=1S/C23H31N3O5/c1-14(2)17-8-10-18(11-9-17)24-20(28)16(4)31-19(27)13-26-21(29)23(25-22(26)30)12-6-5-7-15(23)3/h8-11,14-16H,5-7,12-13H2,1-4H3,(H,24,28)(H,25,30)/t15-,16-,23-/m0/s1. The highest BCUT2D eigenvalue weighted by atomic mass is 16.5. The van der Waals surface area contributed by atoms with Crippen molar-refractivity contribution in [2.24, 2.45) is 5.92 Å². The van der Waals surface area contributed by atoms with Crippen LogP contribution in [0.15, 0.2) is 24.3 Å². The number of hydrogen-bond donors (Lipinski definition) is 2. The summed E-state index contributed by atoms with van der Waals surface area (Å²) in [6.45, 7) is 7.04. The monoisotopic (exact) mass is 429 g/mol. The number of benzene rings is 1. The minimum Gasteiger partial charge on any atom is -0.451 e. The van der Waals surface area contributed by atoms with E-state index in [1.54, 1.807) is 12.1 Å². The van der Waals surface area contributed by atoms with Crippen molar-refractivity contribution in [3.63, 3.8) is 0 Å². The molecule has 31 heavy (non-hydrogen) atoms. The van der Waals surface area contributed by atoms with Gasteiger partial charge < -0.3 is 15.4 Å². The van der Waals surface area contributed by atoms with Crippen LogP contribution >= 0.6 is 0 Å². The van der Waals surface area contributed by atoms with Crippen LogP contribution < -0.4 is 10.6 Å². The van der Waals surface area contributed by atoms with Crippen LogP contribution in [0, 0.1) is 5.92 Å². The highest BCUT2D eigenvalue weighted by Gasteiger charge is 2.55. The molecule has 1 saturated heterocycles. The van der Waals surface area contributed by atoms with Gasteiger partial charge in [-0.25, -0.2) is 4.79 Å². The van der Waals surface area contributed by atoms with E-state index in [0.717, 1.165) is 29.7 Å². The van der Waals surface area contributed by atoms with E-state index in [4.69, 9.17) is 4.74 Å². The molecule has 0 radical (unpaired) electrons. The summed E-state index contributed by atoms with van der Waals surface area (Å²) in [5.74, 6) is -1.29. The average molecular weight is 430 g/mol. The number of ether oxygens (including phenoxy) is 1. The fraction of sp³-hybridized carbons (Fsp3) is 0.565. The summed E-state index contributed by atoms with van der Waals surface area (Å²) in [7, 11) is 0. The summed E-state index contributed by atoms with van der Waals surface area (Å²) in [6, 6.07) is 6.85. The lowest BCUT2D eigenvalue weighted by molar-refractivity contribution is -0.155. The van der Waals surface area contributed by atoms with Crippen LogP contribution in [0.5, 0.6) is 0 Å². The highest BCUT2D eigenvalue weighted by Crippen LogP contribution is 2.38. The molecule has 2 aliphatic rings. The average Bonchev–Trinajstić information content (AvgIpc) is 2.95. The van der Waals surface area contributed by atoms with E-state index in [-0.39, 0.29) is 11.8 Å². The van der Waals surface area contributed by atoms with E-state index < -0.39 is 36.1 Å². The Morgan fingerprint density at radius 2 is 1.87 bits per heavy atom. The van der Waals surface area contributed by atoms with E-state index in [0.29, 0.717) is 18.0 Å². The Morgan fingerprint density at radius 3 is 2.48 bits per heavy atom. The minimum absolute atomic E-state index is 0.00510. The summed E-state index contributed by atoms with van der Waals surface area (Å²) in [4.78, 5) is 50.9. The van der Waals surface area contributed by atoms with Crippen LogP contribution in [-0.4, -0.2) is 46.9 Å². The third-order valence-electron chi connectivity index (χ3n) is 6.31. The van der Waals surface area contributed by atoms with Crippen molar-refractivity contribution in [2.45, 2.75) is 70.9 Å². The lowest BCUT2D eigenvalue weighted by atomic mass is 9.73. The van der Waals surface area contributed by atoms with Crippen LogP contribution in [0.3, 0.4) is 0 Å². The summed E-state index contributed by atoms with van der Waals surface area (Å²) in [5, 5.41) is 5.50. The number of esters is 1. The van der Waals surface area contributed by atoms with Crippen LogP contribution in [0.1, 0.15) is 64.9 Å². The van der Waals surface area contributed by atoms with Crippen molar-refractivity contribution >= 4 is 29.5 Å². The molecule has 8 nitrogen and oxygen atoms in total. The van der Waals surface area contributed by atoms with E-state index in [2.05, 4.69) is 24.5 Å². The van der Waals surface area contributed by atoms with Crippen LogP contribution in [0.25, 0.3) is 0 Å². The minimum atomic E-state index is -1.07. The zero-order chi connectivity index (χ0) is 22.8. The second-order valence-corrected chi connectivity index (χ2v) is 8.84. The summed E-state index contributed by atoms with van der Waals surface area (Å²) in [6.07, 6.45) is 2.21. The van der Waals surface area contributed by atoms with E-state index in [1.807, 2.05) is 19.1 Å². The molecule has 3 rings (SSSR count). The molecule has 168 valence electrons. The van der Waals surface area contributed by atoms with Crippen molar-refractivity contribution in [2.75, 3.05) is 11.9 Å². The van der Waals surface area contributed by atoms with Crippen molar-refractivity contribution < 1.29 is 23.9 Å². The summed E-state index contributed by atoms with van der Waals surface area (Å²) >= 11 is 0. The Balaban J connectivity index is 1.55. The van der Waals surface area contributed by atoms with E-state index in [1.165, 1.54) is 6.92 Å². The van der Waals surface area contributed by atoms with Crippen molar-refractivity contribution in [3.05, 3.63) is 29.8 Å². The van der Waals surface area contributed by atoms with Gasteiger partial charge in [-0.05, 0) is 49.3 Å². The molecular formula is C23H31N3O5. The third-order valence-corrected chi connectivity index (χ3v) is 6.31. The van der Waals surface area contributed by atoms with Gasteiger partial charge in [-0.2, -0.15) is 0 Å². The first kappa shape index (κ1) is 22.8. The van der Waals surface area contributed by atoms with Gasteiger partial charge in [0.05, 0.1) is 0 Å². The molecule has 4 amide bonds. The molecule has 1 spiro atoms. The SMILES string of the molecule is CC(C)c1ccc(NC(=O)[C@H](C)OC(=O)CN2C(=O)N[C@]3(CCCC[C@@H]3C)C2=O)cc1. The highest BCUT2D eigenvalue weighted by molar-refractivity contribution is 6.09. The maximum atomic E-state index is 12.9. The van der Waals surface area contributed by atoms with Gasteiger partial charge in [0.15, 0.2) is 6.10 Å². The quantitative estimate of drug-likeness (QED) is 0.534. The van der Waals surface area contributed by atoms with E-state index >= 15 is 0 Å². The zero-order valence-electron chi connectivity index (χ0n) is 18.6. The Morgan fingerprint density at radius 1 is 1.19 bits per heavy atom. The number of urea groups is 1. The van der Waals surface area contributed by atoms with Crippen molar-refractivity contribution in [1.29, 1.82) is 0 Å². The lowest BCUT2D eigenvalue weighted by Gasteiger charge is -2.36. The molecule has 1 aromatic rings. The Bertz CT molecular complexity index is 866. The second kappa shape index (κ2) is 9.08. The molecule has 0 unspecified atom stereocenters. The van der Waals surface area contributed by atoms with Gasteiger partial charge >= 0.3 is 12.0 Å². The normalized spacial score (nSPS) is 24.3. The van der Waals surface area contributed by atoms with Gasteiger partial charge in [0, 0.05) is 5.69 Å². The number of nitrogens with one attached hydrogen (secondary N) is 2. The Hall–Kier alpha value is -2.90. The number of anilines is 1. The fourth-order valence-electron chi connectivity index (χ4n) is 4.25. The van der Waals surface area contributed by atoms with Gasteiger partial charge in [0.25, 0.3) is 11.8 Å². The van der Waals surface area contributed by atoms with Crippen LogP contribution in [0.4, 0.5) is 10.5 Å². The lowest BCUT2D eigenvalue weighted by Crippen LogP contribution is -2.54. The number of amides is 4. The molecule has 2 fully saturated rings. The number of rotatable bonds is 6. The molecule has 2 N–H and O–H groups in total. The third kappa shape index (κ3) is 4.73. The van der Waals surface area contributed by atoms with Gasteiger partial charge in [0.2, 0.25) is 0 Å². The topological polar surface area (TPSA) is 105 Å². The largest absolute Gasteiger partial charge is 0.451 e. The summed E-state index contributed by atoms with van der Waals surface area (Å²) < 4.78 is 5.18. The number of imide groups is 1. The first-order chi connectivity index (χ1) is 14.6. The predicted molar refractivity (Wildman–Crippen MR) is 115 cm³/mol. The van der Waals surface area contributed by atoms with Crippen molar-refractivity contribution in [3.8, 4) is 0 Å². The fourth-order valence-corrected chi connectivity index (χ4v) is 4.25. The molecule has 1 heterocycles. The number of carbonyl (C=O) groups excluding carboxylic acids is 4. The number of nitrogens with zero attached hydrogens (tertiary/aromatic N) is 1. The second-order valence-electron chi connectivity index (χ2n) is 8.84. The van der Waals surface area contributed by atoms with Gasteiger partial charge in [-0.1, -0.05) is 45.7 Å². The smallest absolute Gasteiger partial charge is 0.327 e. The van der Waals surface area contributed by atoms with Gasteiger partial charge in [-0.3, -0.25) is 19.3 Å². The molecule has 3 atom stereocenters. The molecule has 1 saturated carbocycles. The van der Waals surface area contributed by atoms with Crippen molar-refractivity contribution in [1.82, 2.24) is 10.2 Å². The van der Waals surface area contributed by atoms with Crippen LogP contribution in [-0.2, 0) is 19.1 Å². The Labute approximate surface area is 182 Å². The maximum absolute atomic E-state index is 12.9. The molecule has 1 aromatic carbocycles. The molecule has 1 aliphatic heterocycles. The molecule has 0 aromatic heterocycles. The molecular weight excluding hydrogens is 398 g/mol. The predicted octanol–water partition coefficient (Wildman–Crippen LogP) is 3.18. The first-order valence-electron chi connectivity index (χ1n) is 10.9. The van der Waals surface area contributed by atoms with Gasteiger partial charge in [0.1, 0.15) is 12.1 Å². The Kier molecular flexibility index (Phi) is 6.67. The summed E-state index contributed by atoms with van der Waals surface area (Å²) in [5.41, 5.74) is 0.816. The zero-order valence-corrected chi connectivity index (χ0v) is 18.6. The molecule has 0 bridgehead atoms. The van der Waals surface area contributed by atoms with Crippen LogP contribution in [0.2, 0.25) is 0 Å². The number of hydrogen-bond acceptors (Lipinski definition) is 5. The number of carbonyl (C=O) groups is 4. The maximum Gasteiger partial charge on any atom is 0.327 e. The first-order valence-corrected chi connectivity index (χ1v) is 10.9. The van der Waals surface area contributed by atoms with Gasteiger partial charge in [-0.15, -0.1) is 0 Å².